The predicted octanol–water partition coefficient (Wildman–Crippen LogP) is 3.35. The van der Waals surface area contributed by atoms with Crippen molar-refractivity contribution < 1.29 is 9.90 Å². The van der Waals surface area contributed by atoms with Gasteiger partial charge in [0.2, 0.25) is 0 Å². The number of hydrogen-bond donors (Lipinski definition) is 2. The number of carboxylic acids is 1. The van der Waals surface area contributed by atoms with Crippen molar-refractivity contribution in [1.29, 1.82) is 0 Å². The molecule has 1 aromatic heterocycles. The van der Waals surface area contributed by atoms with Gasteiger partial charge < -0.3 is 10.8 Å². The van der Waals surface area contributed by atoms with Crippen molar-refractivity contribution in [3.8, 4) is 16.8 Å². The van der Waals surface area contributed by atoms with Crippen molar-refractivity contribution in [3.63, 3.8) is 0 Å². The summed E-state index contributed by atoms with van der Waals surface area (Å²) in [5.74, 6) is -0.943. The molecule has 0 atom stereocenters. The number of aromatic nitrogens is 2. The summed E-state index contributed by atoms with van der Waals surface area (Å²) in [7, 11) is 0. The van der Waals surface area contributed by atoms with E-state index in [1.165, 1.54) is 0 Å². The second kappa shape index (κ2) is 6.24. The van der Waals surface area contributed by atoms with E-state index in [9.17, 15) is 4.79 Å². The number of benzene rings is 2. The molecule has 0 saturated carbocycles. The zero-order valence-corrected chi connectivity index (χ0v) is 12.9. The molecule has 0 spiro atoms. The molecule has 0 unspecified atom stereocenters. The third-order valence-corrected chi connectivity index (χ3v) is 3.92. The van der Waals surface area contributed by atoms with Crippen LogP contribution in [0.2, 0.25) is 5.02 Å². The molecule has 3 N–H and O–H groups in total. The average molecular weight is 328 g/mol. The van der Waals surface area contributed by atoms with Crippen LogP contribution in [0, 0.1) is 0 Å². The van der Waals surface area contributed by atoms with Crippen molar-refractivity contribution in [2.24, 2.45) is 5.73 Å². The molecule has 0 fully saturated rings. The fourth-order valence-corrected chi connectivity index (χ4v) is 2.51. The summed E-state index contributed by atoms with van der Waals surface area (Å²) in [5, 5.41) is 13.9. The Morgan fingerprint density at radius 3 is 2.52 bits per heavy atom. The summed E-state index contributed by atoms with van der Waals surface area (Å²) in [6.45, 7) is 0.388. The van der Waals surface area contributed by atoms with Crippen LogP contribution >= 0.6 is 11.6 Å². The Hall–Kier alpha value is -2.63. The van der Waals surface area contributed by atoms with E-state index < -0.39 is 5.97 Å². The van der Waals surface area contributed by atoms with Crippen molar-refractivity contribution in [3.05, 3.63) is 71.0 Å². The quantitative estimate of drug-likeness (QED) is 0.770. The first kappa shape index (κ1) is 15.3. The molecule has 0 aliphatic carbocycles. The zero-order valence-electron chi connectivity index (χ0n) is 12.1. The van der Waals surface area contributed by atoms with Crippen LogP contribution in [-0.2, 0) is 6.54 Å². The lowest BCUT2D eigenvalue weighted by atomic mass is 10.1. The Morgan fingerprint density at radius 1 is 1.17 bits per heavy atom. The minimum absolute atomic E-state index is 0.255. The smallest absolute Gasteiger partial charge is 0.335 e. The van der Waals surface area contributed by atoms with Gasteiger partial charge in [-0.2, -0.15) is 5.10 Å². The lowest BCUT2D eigenvalue weighted by Gasteiger charge is -2.05. The first-order valence-electron chi connectivity index (χ1n) is 6.96. The molecule has 0 amide bonds. The number of nitrogens with two attached hydrogens (primary N) is 1. The molecule has 3 rings (SSSR count). The average Bonchev–Trinajstić information content (AvgIpc) is 3.05. The first-order valence-corrected chi connectivity index (χ1v) is 7.33. The second-order valence-corrected chi connectivity index (χ2v) is 5.44. The van der Waals surface area contributed by atoms with Crippen LogP contribution in [0.4, 0.5) is 0 Å². The molecule has 116 valence electrons. The fraction of sp³-hybridized carbons (Fsp3) is 0.0588. The summed E-state index contributed by atoms with van der Waals surface area (Å²) in [6, 6.07) is 12.3. The van der Waals surface area contributed by atoms with Gasteiger partial charge >= 0.3 is 5.97 Å². The number of hydrogen-bond acceptors (Lipinski definition) is 3. The highest BCUT2D eigenvalue weighted by molar-refractivity contribution is 6.31. The minimum atomic E-state index is -0.943. The number of carbonyl (C=O) groups is 1. The van der Waals surface area contributed by atoms with Gasteiger partial charge in [0, 0.05) is 23.3 Å². The number of nitrogens with zero attached hydrogens (tertiary/aromatic N) is 2. The highest BCUT2D eigenvalue weighted by Gasteiger charge is 2.07. The third kappa shape index (κ3) is 3.11. The largest absolute Gasteiger partial charge is 0.478 e. The van der Waals surface area contributed by atoms with Gasteiger partial charge in [-0.25, -0.2) is 9.48 Å². The monoisotopic (exact) mass is 327 g/mol. The first-order chi connectivity index (χ1) is 11.1. The van der Waals surface area contributed by atoms with Crippen molar-refractivity contribution in [1.82, 2.24) is 9.78 Å². The van der Waals surface area contributed by atoms with Crippen LogP contribution in [0.5, 0.6) is 0 Å². The maximum atomic E-state index is 10.9. The molecule has 6 heteroatoms. The van der Waals surface area contributed by atoms with Crippen LogP contribution in [0.3, 0.4) is 0 Å². The Labute approximate surface area is 137 Å². The van der Waals surface area contributed by atoms with Crippen LogP contribution in [0.1, 0.15) is 15.9 Å². The normalized spacial score (nSPS) is 10.7. The van der Waals surface area contributed by atoms with Gasteiger partial charge in [0.05, 0.1) is 17.4 Å². The number of halogens is 1. The maximum absolute atomic E-state index is 10.9. The van der Waals surface area contributed by atoms with Gasteiger partial charge in [0.1, 0.15) is 0 Å². The molecule has 5 nitrogen and oxygen atoms in total. The molecule has 0 aliphatic rings. The SMILES string of the molecule is NCc1ccc(-n2cc(-c3ccc(C(=O)O)cc3)cn2)cc1Cl. The van der Waals surface area contributed by atoms with Gasteiger partial charge in [-0.1, -0.05) is 29.8 Å². The fourth-order valence-electron chi connectivity index (χ4n) is 2.26. The zero-order chi connectivity index (χ0) is 16.4. The van der Waals surface area contributed by atoms with Crippen LogP contribution in [0.25, 0.3) is 16.8 Å². The van der Waals surface area contributed by atoms with Gasteiger partial charge in [-0.3, -0.25) is 0 Å². The van der Waals surface area contributed by atoms with Crippen LogP contribution < -0.4 is 5.73 Å². The Balaban J connectivity index is 1.91. The van der Waals surface area contributed by atoms with E-state index in [0.717, 1.165) is 22.4 Å². The van der Waals surface area contributed by atoms with Crippen molar-refractivity contribution in [2.45, 2.75) is 6.54 Å². The van der Waals surface area contributed by atoms with E-state index in [1.807, 2.05) is 24.4 Å². The molecule has 0 bridgehead atoms. The van der Waals surface area contributed by atoms with Crippen LogP contribution in [-0.4, -0.2) is 20.9 Å². The minimum Gasteiger partial charge on any atom is -0.478 e. The van der Waals surface area contributed by atoms with E-state index in [2.05, 4.69) is 5.10 Å². The number of carboxylic acid groups (broad SMARTS) is 1. The van der Waals surface area contributed by atoms with Gasteiger partial charge in [0.25, 0.3) is 0 Å². The Kier molecular flexibility index (Phi) is 4.14. The maximum Gasteiger partial charge on any atom is 0.335 e. The molecule has 1 heterocycles. The molecular weight excluding hydrogens is 314 g/mol. The molecule has 3 aromatic rings. The molecule has 0 saturated heterocycles. The van der Waals surface area contributed by atoms with E-state index in [1.54, 1.807) is 35.1 Å². The van der Waals surface area contributed by atoms with Gasteiger partial charge in [-0.05, 0) is 35.4 Å². The molecule has 23 heavy (non-hydrogen) atoms. The predicted molar refractivity (Wildman–Crippen MR) is 88.9 cm³/mol. The molecule has 0 radical (unpaired) electrons. The van der Waals surface area contributed by atoms with E-state index in [4.69, 9.17) is 22.4 Å². The van der Waals surface area contributed by atoms with E-state index in [0.29, 0.717) is 11.6 Å². The summed E-state index contributed by atoms with van der Waals surface area (Å²) in [4.78, 5) is 10.9. The lowest BCUT2D eigenvalue weighted by molar-refractivity contribution is 0.0697. The van der Waals surface area contributed by atoms with Gasteiger partial charge in [0.15, 0.2) is 0 Å². The Bertz CT molecular complexity index is 857. The summed E-state index contributed by atoms with van der Waals surface area (Å²) < 4.78 is 1.71. The van der Waals surface area contributed by atoms with Crippen molar-refractivity contribution in [2.75, 3.05) is 0 Å². The highest BCUT2D eigenvalue weighted by atomic mass is 35.5. The van der Waals surface area contributed by atoms with Crippen LogP contribution in [0.15, 0.2) is 54.9 Å². The van der Waals surface area contributed by atoms with Crippen molar-refractivity contribution >= 4 is 17.6 Å². The molecule has 0 aliphatic heterocycles. The summed E-state index contributed by atoms with van der Waals surface area (Å²) in [6.07, 6.45) is 3.59. The lowest BCUT2D eigenvalue weighted by Crippen LogP contribution is -1.99. The number of aromatic carboxylic acids is 1. The van der Waals surface area contributed by atoms with Gasteiger partial charge in [-0.15, -0.1) is 0 Å². The Morgan fingerprint density at radius 2 is 1.91 bits per heavy atom. The topological polar surface area (TPSA) is 81.1 Å². The second-order valence-electron chi connectivity index (χ2n) is 5.04. The molecule has 2 aromatic carbocycles. The highest BCUT2D eigenvalue weighted by Crippen LogP contribution is 2.23. The standard InChI is InChI=1S/C17H14ClN3O2/c18-16-7-15(6-5-13(16)8-19)21-10-14(9-20-21)11-1-3-12(4-2-11)17(22)23/h1-7,9-10H,8,19H2,(H,22,23). The van der Waals surface area contributed by atoms with E-state index in [-0.39, 0.29) is 5.56 Å². The summed E-state index contributed by atoms with van der Waals surface area (Å²) >= 11 is 6.17. The van der Waals surface area contributed by atoms with E-state index >= 15 is 0 Å². The molecular formula is C17H14ClN3O2. The third-order valence-electron chi connectivity index (χ3n) is 3.57. The number of rotatable bonds is 4. The summed E-state index contributed by atoms with van der Waals surface area (Å²) in [5.41, 5.74) is 9.36.